The number of allylic oxidation sites excluding steroid dienone is 2. The molecule has 0 radical (unpaired) electrons. The number of methoxy groups -OCH3 is 1. The number of ether oxygens (including phenoxy) is 1. The summed E-state index contributed by atoms with van der Waals surface area (Å²) >= 11 is 0. The molecular formula is C23H32O3. The summed E-state index contributed by atoms with van der Waals surface area (Å²) in [6.07, 6.45) is 8.24. The summed E-state index contributed by atoms with van der Waals surface area (Å²) in [5.41, 5.74) is 2.17. The first kappa shape index (κ1) is 19.2. The van der Waals surface area contributed by atoms with Crippen molar-refractivity contribution < 1.29 is 14.3 Å². The number of hydrogen-bond donors (Lipinski definition) is 0. The lowest BCUT2D eigenvalue weighted by Crippen LogP contribution is -2.54. The van der Waals surface area contributed by atoms with Crippen LogP contribution in [0.25, 0.3) is 0 Å². The number of rotatable bonds is 3. The van der Waals surface area contributed by atoms with Gasteiger partial charge in [0.15, 0.2) is 5.78 Å². The Labute approximate surface area is 157 Å². The van der Waals surface area contributed by atoms with Crippen LogP contribution in [0.5, 0.6) is 0 Å². The highest BCUT2D eigenvalue weighted by Crippen LogP contribution is 2.63. The van der Waals surface area contributed by atoms with Crippen LogP contribution in [0, 0.1) is 34.5 Å². The van der Waals surface area contributed by atoms with Gasteiger partial charge in [-0.1, -0.05) is 18.9 Å². The van der Waals surface area contributed by atoms with Crippen LogP contribution in [-0.4, -0.2) is 18.9 Å². The molecule has 2 saturated carbocycles. The SMILES string of the molecule is CC#CCCC1=C2CC[C@@H]3[C@](C)(CCC[C@@]3(C)C(=O)OC)[C@H]2CCC1=O. The van der Waals surface area contributed by atoms with Gasteiger partial charge in [-0.2, -0.15) is 0 Å². The van der Waals surface area contributed by atoms with Gasteiger partial charge in [0, 0.05) is 12.8 Å². The van der Waals surface area contributed by atoms with Crippen molar-refractivity contribution in [1.82, 2.24) is 0 Å². The van der Waals surface area contributed by atoms with Crippen molar-refractivity contribution in [3.05, 3.63) is 11.1 Å². The van der Waals surface area contributed by atoms with Crippen molar-refractivity contribution in [2.45, 2.75) is 78.6 Å². The topological polar surface area (TPSA) is 43.4 Å². The zero-order chi connectivity index (χ0) is 18.9. The molecule has 2 fully saturated rings. The number of fused-ring (bicyclic) bond motifs is 3. The minimum Gasteiger partial charge on any atom is -0.469 e. The zero-order valence-electron chi connectivity index (χ0n) is 16.7. The smallest absolute Gasteiger partial charge is 0.311 e. The summed E-state index contributed by atoms with van der Waals surface area (Å²) in [7, 11) is 1.51. The fourth-order valence-corrected chi connectivity index (χ4v) is 6.41. The lowest BCUT2D eigenvalue weighted by atomic mass is 9.45. The van der Waals surface area contributed by atoms with E-state index >= 15 is 0 Å². The van der Waals surface area contributed by atoms with E-state index in [1.165, 1.54) is 12.7 Å². The molecule has 0 aromatic carbocycles. The second kappa shape index (κ2) is 7.22. The van der Waals surface area contributed by atoms with Crippen LogP contribution < -0.4 is 0 Å². The normalized spacial score (nSPS) is 36.5. The Morgan fingerprint density at radius 1 is 1.23 bits per heavy atom. The Hall–Kier alpha value is -1.56. The maximum Gasteiger partial charge on any atom is 0.311 e. The number of carbonyl (C=O) groups is 2. The van der Waals surface area contributed by atoms with Crippen molar-refractivity contribution in [3.8, 4) is 11.8 Å². The van der Waals surface area contributed by atoms with Crippen molar-refractivity contribution in [1.29, 1.82) is 0 Å². The highest BCUT2D eigenvalue weighted by atomic mass is 16.5. The summed E-state index contributed by atoms with van der Waals surface area (Å²) in [6, 6.07) is 0. The molecule has 0 aromatic rings. The number of ketones is 1. The lowest BCUT2D eigenvalue weighted by Gasteiger charge is -2.58. The third-order valence-corrected chi connectivity index (χ3v) is 7.61. The molecule has 3 rings (SSSR count). The molecule has 0 bridgehead atoms. The molecule has 0 N–H and O–H groups in total. The number of carbonyl (C=O) groups excluding carboxylic acids is 2. The summed E-state index contributed by atoms with van der Waals surface area (Å²) in [6.45, 7) is 6.34. The maximum atomic E-state index is 12.6. The fourth-order valence-electron chi connectivity index (χ4n) is 6.41. The number of Topliss-reactive ketones (excluding diaryl/α,β-unsaturated/α-hetero) is 1. The van der Waals surface area contributed by atoms with E-state index < -0.39 is 0 Å². The molecule has 3 nitrogen and oxygen atoms in total. The monoisotopic (exact) mass is 356 g/mol. The van der Waals surface area contributed by atoms with Crippen molar-refractivity contribution in [2.75, 3.05) is 7.11 Å². The quantitative estimate of drug-likeness (QED) is 0.536. The summed E-state index contributed by atoms with van der Waals surface area (Å²) < 4.78 is 5.21. The van der Waals surface area contributed by atoms with E-state index in [-0.39, 0.29) is 16.8 Å². The first-order chi connectivity index (χ1) is 12.4. The Morgan fingerprint density at radius 2 is 2.00 bits per heavy atom. The molecule has 3 aliphatic rings. The molecule has 4 atom stereocenters. The Balaban J connectivity index is 1.97. The number of hydrogen-bond acceptors (Lipinski definition) is 3. The molecule has 3 heteroatoms. The number of esters is 1. The molecule has 0 spiro atoms. The maximum absolute atomic E-state index is 12.6. The van der Waals surface area contributed by atoms with Gasteiger partial charge in [0.05, 0.1) is 12.5 Å². The fraction of sp³-hybridized carbons (Fsp3) is 0.739. The average molecular weight is 357 g/mol. The molecule has 0 saturated heterocycles. The van der Waals surface area contributed by atoms with Crippen LogP contribution >= 0.6 is 0 Å². The molecule has 142 valence electrons. The van der Waals surface area contributed by atoms with E-state index in [1.807, 2.05) is 6.92 Å². The van der Waals surface area contributed by atoms with Crippen LogP contribution in [0.2, 0.25) is 0 Å². The average Bonchev–Trinajstić information content (AvgIpc) is 2.62. The Morgan fingerprint density at radius 3 is 2.69 bits per heavy atom. The first-order valence-corrected chi connectivity index (χ1v) is 10.1. The van der Waals surface area contributed by atoms with Gasteiger partial charge in [0.1, 0.15) is 0 Å². The summed E-state index contributed by atoms with van der Waals surface area (Å²) in [5.74, 6) is 7.12. The highest BCUT2D eigenvalue weighted by molar-refractivity contribution is 5.97. The van der Waals surface area contributed by atoms with Gasteiger partial charge in [-0.3, -0.25) is 9.59 Å². The van der Waals surface area contributed by atoms with E-state index in [0.717, 1.165) is 56.9 Å². The van der Waals surface area contributed by atoms with E-state index in [2.05, 4.69) is 25.7 Å². The van der Waals surface area contributed by atoms with Gasteiger partial charge < -0.3 is 4.74 Å². The molecule has 0 aromatic heterocycles. The summed E-state index contributed by atoms with van der Waals surface area (Å²) in [5, 5.41) is 0. The van der Waals surface area contributed by atoms with E-state index in [1.54, 1.807) is 0 Å². The second-order valence-electron chi connectivity index (χ2n) is 8.80. The van der Waals surface area contributed by atoms with E-state index in [4.69, 9.17) is 4.74 Å². The van der Waals surface area contributed by atoms with Crippen LogP contribution in [0.3, 0.4) is 0 Å². The minimum atomic E-state index is -0.386. The summed E-state index contributed by atoms with van der Waals surface area (Å²) in [4.78, 5) is 25.2. The molecule has 0 amide bonds. The zero-order valence-corrected chi connectivity index (χ0v) is 16.7. The third-order valence-electron chi connectivity index (χ3n) is 7.61. The predicted molar refractivity (Wildman–Crippen MR) is 102 cm³/mol. The highest BCUT2D eigenvalue weighted by Gasteiger charge is 2.58. The van der Waals surface area contributed by atoms with Crippen molar-refractivity contribution in [3.63, 3.8) is 0 Å². The third kappa shape index (κ3) is 2.92. The minimum absolute atomic E-state index is 0.0498. The van der Waals surface area contributed by atoms with Crippen LogP contribution in [0.15, 0.2) is 11.1 Å². The largest absolute Gasteiger partial charge is 0.469 e. The molecular weight excluding hydrogens is 324 g/mol. The van der Waals surface area contributed by atoms with Gasteiger partial charge in [-0.15, -0.1) is 11.8 Å². The van der Waals surface area contributed by atoms with Gasteiger partial charge >= 0.3 is 5.97 Å². The van der Waals surface area contributed by atoms with Crippen LogP contribution in [0.1, 0.15) is 78.6 Å². The van der Waals surface area contributed by atoms with Gasteiger partial charge in [-0.05, 0) is 75.2 Å². The molecule has 0 heterocycles. The van der Waals surface area contributed by atoms with Gasteiger partial charge in [0.25, 0.3) is 0 Å². The molecule has 0 unspecified atom stereocenters. The van der Waals surface area contributed by atoms with Crippen molar-refractivity contribution >= 4 is 11.8 Å². The standard InChI is InChI=1S/C23H32O3/c1-5-6-7-9-17-16-10-13-20-22(2,18(16)11-12-19(17)24)14-8-15-23(20,3)21(25)26-4/h18,20H,7-15H2,1-4H3/t18-,20+,22+,23+/m0/s1. The van der Waals surface area contributed by atoms with Crippen LogP contribution in [0.4, 0.5) is 0 Å². The lowest BCUT2D eigenvalue weighted by molar-refractivity contribution is -0.168. The second-order valence-corrected chi connectivity index (χ2v) is 8.80. The van der Waals surface area contributed by atoms with Crippen molar-refractivity contribution in [2.24, 2.45) is 22.7 Å². The van der Waals surface area contributed by atoms with Gasteiger partial charge in [0.2, 0.25) is 0 Å². The molecule has 26 heavy (non-hydrogen) atoms. The first-order valence-electron chi connectivity index (χ1n) is 10.1. The van der Waals surface area contributed by atoms with Crippen LogP contribution in [-0.2, 0) is 14.3 Å². The van der Waals surface area contributed by atoms with E-state index in [0.29, 0.717) is 24.0 Å². The Kier molecular flexibility index (Phi) is 5.33. The van der Waals surface area contributed by atoms with E-state index in [9.17, 15) is 9.59 Å². The molecule has 3 aliphatic carbocycles. The predicted octanol–water partition coefficient (Wildman–Crippen LogP) is 4.85. The molecule has 0 aliphatic heterocycles. The Bertz CT molecular complexity index is 692. The van der Waals surface area contributed by atoms with Gasteiger partial charge in [-0.25, -0.2) is 0 Å².